The van der Waals surface area contributed by atoms with E-state index in [-0.39, 0.29) is 23.8 Å². The van der Waals surface area contributed by atoms with Crippen LogP contribution < -0.4 is 11.1 Å². The van der Waals surface area contributed by atoms with Crippen LogP contribution in [0.5, 0.6) is 0 Å². The summed E-state index contributed by atoms with van der Waals surface area (Å²) in [7, 11) is 0. The van der Waals surface area contributed by atoms with Gasteiger partial charge in [-0.3, -0.25) is 14.4 Å². The van der Waals surface area contributed by atoms with Crippen LogP contribution >= 0.6 is 15.9 Å². The maximum absolute atomic E-state index is 12.3. The molecule has 7 heteroatoms. The Hall–Kier alpha value is -1.89. The standard InChI is InChI=1S/C13H13BrN2O2.C4H7NO/c14-8-1-2-9-10(5-8)13(3-4-13)7-16(12(9)18)6-11(15)17;6-4-2-1-3-5-4/h1-2,5H,3-4,6-7H2,(H2,15,17);1-3H2,(H,5,6). The van der Waals surface area contributed by atoms with Crippen LogP contribution in [0.2, 0.25) is 0 Å². The maximum atomic E-state index is 12.3. The number of rotatable bonds is 2. The van der Waals surface area contributed by atoms with Crippen LogP contribution in [0.4, 0.5) is 0 Å². The number of hydrogen-bond donors (Lipinski definition) is 2. The number of nitrogens with two attached hydrogens (primary N) is 1. The molecule has 0 bridgehead atoms. The van der Waals surface area contributed by atoms with Crippen LogP contribution in [-0.4, -0.2) is 42.3 Å². The van der Waals surface area contributed by atoms with Gasteiger partial charge in [-0.2, -0.15) is 0 Å². The summed E-state index contributed by atoms with van der Waals surface area (Å²) in [4.78, 5) is 35.0. The third kappa shape index (κ3) is 3.45. The van der Waals surface area contributed by atoms with Crippen LogP contribution in [0.3, 0.4) is 0 Å². The van der Waals surface area contributed by atoms with Gasteiger partial charge in [0.05, 0.1) is 6.54 Å². The molecule has 0 aromatic heterocycles. The average Bonchev–Trinajstić information content (AvgIpc) is 3.14. The lowest BCUT2D eigenvalue weighted by Gasteiger charge is -2.34. The molecular weight excluding hydrogens is 374 g/mol. The lowest BCUT2D eigenvalue weighted by molar-refractivity contribution is -0.119. The predicted octanol–water partition coefficient (Wildman–Crippen LogP) is 1.32. The third-order valence-corrected chi connectivity index (χ3v) is 5.16. The van der Waals surface area contributed by atoms with Crippen LogP contribution in [0.25, 0.3) is 0 Å². The second-order valence-corrected chi connectivity index (χ2v) is 7.47. The van der Waals surface area contributed by atoms with Gasteiger partial charge in [0.25, 0.3) is 5.91 Å². The van der Waals surface area contributed by atoms with Crippen molar-refractivity contribution in [1.82, 2.24) is 10.2 Å². The molecule has 3 amide bonds. The molecule has 1 aliphatic carbocycles. The Kier molecular flexibility index (Phi) is 4.62. The van der Waals surface area contributed by atoms with Crippen molar-refractivity contribution >= 4 is 33.7 Å². The summed E-state index contributed by atoms with van der Waals surface area (Å²) >= 11 is 3.45. The summed E-state index contributed by atoms with van der Waals surface area (Å²) in [6.45, 7) is 1.51. The number of carbonyl (C=O) groups is 3. The Labute approximate surface area is 148 Å². The summed E-state index contributed by atoms with van der Waals surface area (Å²) in [5, 5.41) is 2.68. The van der Waals surface area contributed by atoms with Gasteiger partial charge in [0.15, 0.2) is 0 Å². The van der Waals surface area contributed by atoms with Crippen molar-refractivity contribution in [3.8, 4) is 0 Å². The van der Waals surface area contributed by atoms with Gasteiger partial charge in [-0.1, -0.05) is 15.9 Å². The van der Waals surface area contributed by atoms with Gasteiger partial charge in [-0.25, -0.2) is 0 Å². The number of amides is 3. The molecule has 24 heavy (non-hydrogen) atoms. The SMILES string of the molecule is NC(=O)CN1CC2(CC2)c2cc(Br)ccc2C1=O.O=C1CCCN1. The highest BCUT2D eigenvalue weighted by Crippen LogP contribution is 2.52. The molecule has 2 fully saturated rings. The van der Waals surface area contributed by atoms with Gasteiger partial charge in [0.2, 0.25) is 11.8 Å². The lowest BCUT2D eigenvalue weighted by atomic mass is 9.86. The van der Waals surface area contributed by atoms with E-state index in [1.807, 2.05) is 18.2 Å². The average molecular weight is 394 g/mol. The Bertz CT molecular complexity index is 692. The van der Waals surface area contributed by atoms with Crippen molar-refractivity contribution in [2.75, 3.05) is 19.6 Å². The zero-order valence-electron chi connectivity index (χ0n) is 13.3. The number of carbonyl (C=O) groups excluding carboxylic acids is 3. The quantitative estimate of drug-likeness (QED) is 0.793. The van der Waals surface area contributed by atoms with E-state index >= 15 is 0 Å². The Morgan fingerprint density at radius 3 is 2.58 bits per heavy atom. The third-order valence-electron chi connectivity index (χ3n) is 4.67. The Morgan fingerprint density at radius 2 is 2.08 bits per heavy atom. The molecule has 1 saturated heterocycles. The Morgan fingerprint density at radius 1 is 1.33 bits per heavy atom. The van der Waals surface area contributed by atoms with Crippen molar-refractivity contribution in [1.29, 1.82) is 0 Å². The molecule has 0 radical (unpaired) electrons. The smallest absolute Gasteiger partial charge is 0.254 e. The van der Waals surface area contributed by atoms with Gasteiger partial charge < -0.3 is 16.0 Å². The molecule has 1 aromatic rings. The van der Waals surface area contributed by atoms with E-state index in [2.05, 4.69) is 21.2 Å². The van der Waals surface area contributed by atoms with E-state index in [9.17, 15) is 14.4 Å². The summed E-state index contributed by atoms with van der Waals surface area (Å²) in [5.41, 5.74) is 7.08. The minimum Gasteiger partial charge on any atom is -0.368 e. The highest BCUT2D eigenvalue weighted by atomic mass is 79.9. The molecule has 2 aliphatic heterocycles. The molecule has 1 aromatic carbocycles. The molecule has 3 N–H and O–H groups in total. The number of benzene rings is 1. The first-order valence-corrected chi connectivity index (χ1v) is 8.85. The molecule has 6 nitrogen and oxygen atoms in total. The number of hydrogen-bond acceptors (Lipinski definition) is 3. The summed E-state index contributed by atoms with van der Waals surface area (Å²) < 4.78 is 0.990. The van der Waals surface area contributed by atoms with Crippen molar-refractivity contribution in [2.45, 2.75) is 31.1 Å². The van der Waals surface area contributed by atoms with E-state index in [1.54, 1.807) is 4.90 Å². The molecule has 128 valence electrons. The first kappa shape index (κ1) is 17.0. The molecule has 1 spiro atoms. The zero-order valence-corrected chi connectivity index (χ0v) is 14.9. The number of primary amides is 1. The highest BCUT2D eigenvalue weighted by molar-refractivity contribution is 9.10. The fourth-order valence-electron chi connectivity index (χ4n) is 3.29. The largest absolute Gasteiger partial charge is 0.368 e. The lowest BCUT2D eigenvalue weighted by Crippen LogP contribution is -2.47. The van der Waals surface area contributed by atoms with E-state index in [0.29, 0.717) is 12.1 Å². The topological polar surface area (TPSA) is 92.5 Å². The maximum Gasteiger partial charge on any atom is 0.254 e. The fraction of sp³-hybridized carbons (Fsp3) is 0.471. The van der Waals surface area contributed by atoms with Gasteiger partial charge in [-0.15, -0.1) is 0 Å². The number of halogens is 1. The summed E-state index contributed by atoms with van der Waals surface area (Å²) in [5.74, 6) is -0.344. The molecule has 2 heterocycles. The van der Waals surface area contributed by atoms with Gasteiger partial charge in [0.1, 0.15) is 0 Å². The van der Waals surface area contributed by atoms with E-state index in [0.717, 1.165) is 42.3 Å². The van der Waals surface area contributed by atoms with Gasteiger partial charge in [-0.05, 0) is 43.0 Å². The molecular formula is C17H20BrN3O3. The fourth-order valence-corrected chi connectivity index (χ4v) is 3.65. The Balaban J connectivity index is 0.000000238. The summed E-state index contributed by atoms with van der Waals surface area (Å²) in [6, 6.07) is 5.72. The predicted molar refractivity (Wildman–Crippen MR) is 92.4 cm³/mol. The van der Waals surface area contributed by atoms with Crippen molar-refractivity contribution < 1.29 is 14.4 Å². The van der Waals surface area contributed by atoms with Crippen molar-refractivity contribution in [3.63, 3.8) is 0 Å². The number of nitrogens with zero attached hydrogens (tertiary/aromatic N) is 1. The number of nitrogens with one attached hydrogen (secondary N) is 1. The van der Waals surface area contributed by atoms with E-state index in [1.165, 1.54) is 0 Å². The van der Waals surface area contributed by atoms with Crippen LogP contribution in [-0.2, 0) is 15.0 Å². The van der Waals surface area contributed by atoms with Crippen molar-refractivity contribution in [2.24, 2.45) is 5.73 Å². The minimum atomic E-state index is -0.459. The second kappa shape index (κ2) is 6.55. The monoisotopic (exact) mass is 393 g/mol. The number of fused-ring (bicyclic) bond motifs is 2. The van der Waals surface area contributed by atoms with Gasteiger partial charge >= 0.3 is 0 Å². The molecule has 0 unspecified atom stereocenters. The first-order chi connectivity index (χ1) is 11.4. The normalized spacial score (nSPS) is 20.1. The second-order valence-electron chi connectivity index (χ2n) is 6.55. The van der Waals surface area contributed by atoms with E-state index < -0.39 is 5.91 Å². The van der Waals surface area contributed by atoms with Gasteiger partial charge in [0, 0.05) is 35.0 Å². The van der Waals surface area contributed by atoms with Crippen LogP contribution in [0.1, 0.15) is 41.6 Å². The summed E-state index contributed by atoms with van der Waals surface area (Å²) in [6.07, 6.45) is 3.90. The van der Waals surface area contributed by atoms with Crippen molar-refractivity contribution in [3.05, 3.63) is 33.8 Å². The molecule has 1 saturated carbocycles. The minimum absolute atomic E-state index is 0.0100. The zero-order chi connectivity index (χ0) is 17.3. The van der Waals surface area contributed by atoms with E-state index in [4.69, 9.17) is 5.73 Å². The van der Waals surface area contributed by atoms with Crippen LogP contribution in [0, 0.1) is 0 Å². The highest BCUT2D eigenvalue weighted by Gasteiger charge is 2.51. The first-order valence-electron chi connectivity index (χ1n) is 8.06. The molecule has 3 aliphatic rings. The van der Waals surface area contributed by atoms with Crippen LogP contribution in [0.15, 0.2) is 22.7 Å². The molecule has 0 atom stereocenters. The molecule has 4 rings (SSSR count).